The van der Waals surface area contributed by atoms with Crippen LogP contribution in [-0.2, 0) is 84.3 Å². The number of epoxide rings is 1. The summed E-state index contributed by atoms with van der Waals surface area (Å²) < 4.78 is 59.5. The van der Waals surface area contributed by atoms with Crippen LogP contribution in [0.1, 0.15) is 131 Å². The normalized spacial score (nSPS) is 31.4. The Morgan fingerprint density at radius 2 is 1.15 bits per heavy atom. The maximum absolute atomic E-state index is 14.5. The molecule has 0 radical (unpaired) electrons. The molecule has 0 spiro atoms. The molecule has 9 rings (SSSR count). The summed E-state index contributed by atoms with van der Waals surface area (Å²) in [5.74, 6) is -2.96. The van der Waals surface area contributed by atoms with E-state index >= 15 is 0 Å². The first kappa shape index (κ1) is 86.0. The van der Waals surface area contributed by atoms with Crippen molar-refractivity contribution in [1.29, 1.82) is 0 Å². The fourth-order valence-electron chi connectivity index (χ4n) is 14.1. The first-order valence-electron chi connectivity index (χ1n) is 35.4. The monoisotopic (exact) mass is 1590 g/mol. The number of likely N-dealkylation sites (N-methyl/N-ethyl adjacent to an activating group) is 2. The van der Waals surface area contributed by atoms with Crippen molar-refractivity contribution in [2.75, 3.05) is 77.9 Å². The Balaban J connectivity index is 0.824. The molecule has 7 heterocycles. The number of anilines is 2. The van der Waals surface area contributed by atoms with Gasteiger partial charge >= 0.3 is 24.1 Å². The van der Waals surface area contributed by atoms with Crippen LogP contribution in [0.15, 0.2) is 71.9 Å². The van der Waals surface area contributed by atoms with E-state index in [1.54, 1.807) is 90.4 Å². The number of benzene rings is 2. The molecule has 107 heavy (non-hydrogen) atoms. The van der Waals surface area contributed by atoms with Crippen LogP contribution in [0.2, 0.25) is 10.0 Å². The number of rotatable bonds is 21. The molecule has 0 aromatic heterocycles. The van der Waals surface area contributed by atoms with Crippen LogP contribution in [0.5, 0.6) is 11.5 Å². The number of halogens is 2. The lowest BCUT2D eigenvalue weighted by atomic mass is 9.72. The molecule has 7 aliphatic heterocycles. The van der Waals surface area contributed by atoms with Crippen molar-refractivity contribution in [2.45, 2.75) is 221 Å². The molecule has 2 aromatic carbocycles. The molecule has 4 fully saturated rings. The summed E-state index contributed by atoms with van der Waals surface area (Å²) in [4.78, 5) is 130. The quantitative estimate of drug-likeness (QED) is 0.0297. The van der Waals surface area contributed by atoms with Crippen LogP contribution in [-0.4, -0.2) is 229 Å². The van der Waals surface area contributed by atoms with E-state index in [0.29, 0.717) is 47.9 Å². The Bertz CT molecular complexity index is 3800. The number of ether oxygens (including phenoxy) is 10. The topological polar surface area (TPSA) is 327 Å². The van der Waals surface area contributed by atoms with Gasteiger partial charge < -0.3 is 77.2 Å². The van der Waals surface area contributed by atoms with Crippen LogP contribution in [0.4, 0.5) is 21.0 Å². The summed E-state index contributed by atoms with van der Waals surface area (Å²) in [6.07, 6.45) is 1.75. The van der Waals surface area contributed by atoms with Crippen molar-refractivity contribution in [3.05, 3.63) is 93.0 Å². The maximum Gasteiger partial charge on any atom is 0.409 e. The minimum absolute atomic E-state index is 0.0224. The Morgan fingerprint density at radius 1 is 0.682 bits per heavy atom. The molecule has 590 valence electrons. The lowest BCUT2D eigenvalue weighted by Crippen LogP contribution is -2.72. The third-order valence-electron chi connectivity index (χ3n) is 20.9. The number of fused-ring (bicyclic) bond motifs is 11. The van der Waals surface area contributed by atoms with Gasteiger partial charge in [-0.25, -0.2) is 19.2 Å². The zero-order valence-corrected chi connectivity index (χ0v) is 67.7. The number of allylic oxidation sites excluding steroid dienone is 6. The molecule has 2 aromatic rings. The smallest absolute Gasteiger partial charge is 0.409 e. The molecule has 10 bridgehead atoms. The van der Waals surface area contributed by atoms with Gasteiger partial charge in [0.1, 0.15) is 87.1 Å². The zero-order valence-electron chi connectivity index (χ0n) is 63.7. The summed E-state index contributed by atoms with van der Waals surface area (Å²) in [5, 5.41) is 29.1. The number of carbonyl (C=O) groups is 9. The number of carbonyl (C=O) groups excluding carboxylic acids is 9. The predicted molar refractivity (Wildman–Crippen MR) is 407 cm³/mol. The van der Waals surface area contributed by atoms with E-state index < -0.39 is 144 Å². The van der Waals surface area contributed by atoms with Crippen LogP contribution in [0, 0.1) is 5.92 Å². The van der Waals surface area contributed by atoms with Gasteiger partial charge in [-0.1, -0.05) is 118 Å². The Kier molecular flexibility index (Phi) is 29.0. The second-order valence-corrected chi connectivity index (χ2v) is 33.9. The highest BCUT2D eigenvalue weighted by atomic mass is 35.5. The zero-order chi connectivity index (χ0) is 79.0. The van der Waals surface area contributed by atoms with Crippen molar-refractivity contribution in [3.8, 4) is 11.5 Å². The molecule has 0 aliphatic carbocycles. The largest absolute Gasteiger partial charge is 0.495 e. The number of thioether (sulfide) groups is 1. The fourth-order valence-corrected chi connectivity index (χ4v) is 17.8. The van der Waals surface area contributed by atoms with Crippen LogP contribution >= 0.6 is 56.6 Å². The van der Waals surface area contributed by atoms with Crippen LogP contribution < -0.4 is 29.9 Å². The van der Waals surface area contributed by atoms with E-state index in [9.17, 15) is 53.4 Å². The highest BCUT2D eigenvalue weighted by molar-refractivity contribution is 8.76. The summed E-state index contributed by atoms with van der Waals surface area (Å²) in [6, 6.07) is 4.77. The maximum atomic E-state index is 14.5. The van der Waals surface area contributed by atoms with E-state index in [-0.39, 0.29) is 70.6 Å². The van der Waals surface area contributed by atoms with Gasteiger partial charge in [0.15, 0.2) is 16.6 Å². The van der Waals surface area contributed by atoms with E-state index in [4.69, 9.17) is 70.6 Å². The average Bonchev–Trinajstić information content (AvgIpc) is 1.45. The van der Waals surface area contributed by atoms with E-state index in [1.165, 1.54) is 97.6 Å². The van der Waals surface area contributed by atoms with Gasteiger partial charge in [0, 0.05) is 104 Å². The predicted octanol–water partition coefficient (Wildman–Crippen LogP) is 9.78. The molecule has 4 N–H and O–H groups in total. The van der Waals surface area contributed by atoms with Gasteiger partial charge in [0.2, 0.25) is 23.6 Å². The number of amides is 6. The Hall–Kier alpha value is -6.58. The second-order valence-electron chi connectivity index (χ2n) is 29.1. The van der Waals surface area contributed by atoms with Crippen molar-refractivity contribution in [1.82, 2.24) is 20.4 Å². The average molecular weight is 1590 g/mol. The lowest BCUT2D eigenvalue weighted by molar-refractivity contribution is -0.328. The molecule has 4 saturated heterocycles. The van der Waals surface area contributed by atoms with E-state index in [0.717, 1.165) is 34.0 Å². The molecular formula is C75H102Cl2N6O21S3. The minimum atomic E-state index is -1.93. The Labute approximate surface area is 647 Å². The number of hydrogen-bond donors (Lipinski definition) is 4. The standard InChI is InChI=1S/C75H102Cl2N6O21S3/c1-41-20-18-22-54(97-16)74(93)38-53(99-69(91)78-74)44(4)66-73(9,103-66)57(37-62(87)83(13)50-33-48(30-41)35-52(96-15)65(50)77)101-68(90)46(6)80(10)59(84)26-28-105-63(88)25-24-43(3)107-106-29-27-60(85)81(11)45(5)67(89)100-56-36-61(86)82(12)49-32-47(34-51(95-14)64(49)76)31-42(2)21-19-23-55(98-17)75(94)39-58(102-70(92)79-75)72(8)40-71(56,7)104-72/h18-23,32-35,43-46,53-58,66,93-94H,24-31,36-40H2,1-17H3,(H,78,91)(H,79,92)/b22-18+,23-19+,41-20+,42-21+. The molecule has 32 heteroatoms. The van der Waals surface area contributed by atoms with Gasteiger partial charge in [0.25, 0.3) is 0 Å². The molecule has 16 atom stereocenters. The van der Waals surface area contributed by atoms with E-state index in [2.05, 4.69) is 10.6 Å². The first-order chi connectivity index (χ1) is 50.3. The van der Waals surface area contributed by atoms with Crippen LogP contribution in [0.3, 0.4) is 0 Å². The third kappa shape index (κ3) is 20.5. The highest BCUT2D eigenvalue weighted by Crippen LogP contribution is 2.52. The molecule has 6 amide bonds. The number of esters is 2. The van der Waals surface area contributed by atoms with Crippen molar-refractivity contribution >= 4 is 121 Å². The SMILES string of the molecule is COc1cc2cc(c1Cl)N(C)C(=O)CC(OC(=O)C(C)N(C)C(=O)CCSSC(C)CCC(=O)SCCC(=O)N(C)C(C)C(=O)OC1CC(=O)N(C)c3cc(cc(OC)c3Cl)C/C(C)=C/C=C/C(OC)C3(O)CC(OC(=O)N3)C(C)C3OC13C)C1(C)CC(C)(O1)C1CC(O)(NC(=O)O1)C(OC)/C=C/C=C(\C)C2. The summed E-state index contributed by atoms with van der Waals surface area (Å²) in [7, 11) is 14.7. The molecule has 16 unspecified atom stereocenters. The van der Waals surface area contributed by atoms with Crippen LogP contribution in [0.25, 0.3) is 0 Å². The van der Waals surface area contributed by atoms with Gasteiger partial charge in [-0.2, -0.15) is 0 Å². The van der Waals surface area contributed by atoms with Gasteiger partial charge in [-0.3, -0.25) is 34.6 Å². The lowest BCUT2D eigenvalue weighted by Gasteiger charge is -2.59. The van der Waals surface area contributed by atoms with Gasteiger partial charge in [-0.15, -0.1) is 0 Å². The number of methoxy groups -OCH3 is 4. The molecule has 0 saturated carbocycles. The number of nitrogens with one attached hydrogen (secondary N) is 2. The number of nitrogens with zero attached hydrogens (tertiary/aromatic N) is 4. The second kappa shape index (κ2) is 36.1. The molecular weight excluding hydrogens is 1490 g/mol. The van der Waals surface area contributed by atoms with Gasteiger partial charge in [-0.05, 0) is 103 Å². The van der Waals surface area contributed by atoms with Gasteiger partial charge in [0.05, 0.1) is 44.5 Å². The number of hydrogen-bond acceptors (Lipinski definition) is 24. The third-order valence-corrected chi connectivity index (χ3v) is 25.6. The number of aliphatic hydroxyl groups is 2. The summed E-state index contributed by atoms with van der Waals surface area (Å²) >= 11 is 14.7. The fraction of sp³-hybridized carbons (Fsp3) is 0.613. The van der Waals surface area contributed by atoms with Crippen molar-refractivity contribution in [2.24, 2.45) is 5.92 Å². The summed E-state index contributed by atoms with van der Waals surface area (Å²) in [5.41, 5.74) is -3.81. The Morgan fingerprint density at radius 3 is 1.64 bits per heavy atom. The highest BCUT2D eigenvalue weighted by Gasteiger charge is 2.66. The summed E-state index contributed by atoms with van der Waals surface area (Å²) in [6.45, 7) is 15.6. The first-order valence-corrected chi connectivity index (χ1v) is 39.5. The van der Waals surface area contributed by atoms with Crippen molar-refractivity contribution in [3.63, 3.8) is 0 Å². The molecule has 7 aliphatic rings. The molecule has 27 nitrogen and oxygen atoms in total. The van der Waals surface area contributed by atoms with Crippen molar-refractivity contribution < 1.29 is 101 Å². The van der Waals surface area contributed by atoms with E-state index in [1.807, 2.05) is 32.9 Å². The minimum Gasteiger partial charge on any atom is -0.495 e. The number of alkyl carbamates (subject to hydrolysis) is 2.